The fourth-order valence-corrected chi connectivity index (χ4v) is 3.95. The topological polar surface area (TPSA) is 40.1 Å². The summed E-state index contributed by atoms with van der Waals surface area (Å²) in [6, 6.07) is 8.15. The molecule has 2 heterocycles. The number of nitrogens with one attached hydrogen (secondary N) is 1. The van der Waals surface area contributed by atoms with Crippen molar-refractivity contribution in [1.29, 1.82) is 0 Å². The van der Waals surface area contributed by atoms with E-state index in [4.69, 9.17) is 4.74 Å². The van der Waals surface area contributed by atoms with Gasteiger partial charge in [-0.05, 0) is 44.3 Å². The van der Waals surface area contributed by atoms with Crippen LogP contribution in [0.25, 0.3) is 0 Å². The second-order valence-corrected chi connectivity index (χ2v) is 7.22. The Hall–Kier alpha value is -2.01. The van der Waals surface area contributed by atoms with Crippen LogP contribution in [0.2, 0.25) is 0 Å². The van der Waals surface area contributed by atoms with Crippen LogP contribution in [0.15, 0.2) is 41.9 Å². The van der Waals surface area contributed by atoms with Gasteiger partial charge in [0.25, 0.3) is 0 Å². The van der Waals surface area contributed by atoms with E-state index in [9.17, 15) is 0 Å². The fraction of sp³-hybridized carbons (Fsp3) is 0.571. The van der Waals surface area contributed by atoms with Gasteiger partial charge in [0.1, 0.15) is 12.4 Å². The van der Waals surface area contributed by atoms with Crippen molar-refractivity contribution >= 4 is 5.96 Å². The highest BCUT2D eigenvalue weighted by Crippen LogP contribution is 2.21. The predicted molar refractivity (Wildman–Crippen MR) is 108 cm³/mol. The average molecular weight is 357 g/mol. The molecule has 1 atom stereocenters. The first kappa shape index (κ1) is 18.8. The molecule has 2 aliphatic rings. The third kappa shape index (κ3) is 5.01. The Balaban J connectivity index is 1.51. The minimum Gasteiger partial charge on any atom is -0.489 e. The lowest BCUT2D eigenvalue weighted by atomic mass is 10.1. The van der Waals surface area contributed by atoms with Gasteiger partial charge in [-0.2, -0.15) is 0 Å². The highest BCUT2D eigenvalue weighted by Gasteiger charge is 2.27. The normalized spacial score (nSPS) is 21.2. The Morgan fingerprint density at radius 1 is 1.31 bits per heavy atom. The third-order valence-electron chi connectivity index (χ3n) is 5.28. The number of likely N-dealkylation sites (tertiary alicyclic amines) is 2. The molecule has 26 heavy (non-hydrogen) atoms. The van der Waals surface area contributed by atoms with Crippen molar-refractivity contribution in [2.24, 2.45) is 10.9 Å². The molecule has 0 radical (unpaired) electrons. The molecule has 0 aromatic heterocycles. The largest absolute Gasteiger partial charge is 0.489 e. The van der Waals surface area contributed by atoms with Gasteiger partial charge in [0.05, 0.1) is 0 Å². The first-order valence-corrected chi connectivity index (χ1v) is 9.79. The Kier molecular flexibility index (Phi) is 6.95. The second-order valence-electron chi connectivity index (χ2n) is 7.22. The van der Waals surface area contributed by atoms with Crippen molar-refractivity contribution in [3.63, 3.8) is 0 Å². The van der Waals surface area contributed by atoms with Crippen LogP contribution in [0, 0.1) is 5.92 Å². The van der Waals surface area contributed by atoms with E-state index in [2.05, 4.69) is 32.8 Å². The molecule has 1 aromatic rings. The predicted octanol–water partition coefficient (Wildman–Crippen LogP) is 2.74. The van der Waals surface area contributed by atoms with Gasteiger partial charge < -0.3 is 19.9 Å². The van der Waals surface area contributed by atoms with E-state index in [1.165, 1.54) is 38.9 Å². The number of hydrogen-bond acceptors (Lipinski definition) is 3. The van der Waals surface area contributed by atoms with Gasteiger partial charge in [-0.25, -0.2) is 0 Å². The molecule has 3 rings (SSSR count). The van der Waals surface area contributed by atoms with Crippen molar-refractivity contribution in [2.75, 3.05) is 46.4 Å². The molecule has 5 heteroatoms. The van der Waals surface area contributed by atoms with Crippen LogP contribution in [-0.2, 0) is 6.54 Å². The van der Waals surface area contributed by atoms with Crippen LogP contribution in [0.4, 0.5) is 0 Å². The standard InChI is InChI=1S/C21H32N4O/c1-3-14-26-20-9-5-4-8-19(20)15-23-21(22-2)25-13-10-18(17-25)16-24-11-6-7-12-24/h3-5,8-9,18H,1,6-7,10-17H2,2H3,(H,22,23). The third-order valence-corrected chi connectivity index (χ3v) is 5.28. The highest BCUT2D eigenvalue weighted by atomic mass is 16.5. The van der Waals surface area contributed by atoms with E-state index in [0.717, 1.165) is 36.3 Å². The van der Waals surface area contributed by atoms with Gasteiger partial charge in [-0.15, -0.1) is 0 Å². The first-order chi connectivity index (χ1) is 12.8. The monoisotopic (exact) mass is 356 g/mol. The van der Waals surface area contributed by atoms with E-state index < -0.39 is 0 Å². The zero-order valence-corrected chi connectivity index (χ0v) is 16.0. The molecular weight excluding hydrogens is 324 g/mol. The summed E-state index contributed by atoms with van der Waals surface area (Å²) in [5.41, 5.74) is 1.14. The summed E-state index contributed by atoms with van der Waals surface area (Å²) >= 11 is 0. The Bertz CT molecular complexity index is 610. The van der Waals surface area contributed by atoms with Crippen LogP contribution in [0.5, 0.6) is 5.75 Å². The van der Waals surface area contributed by atoms with E-state index in [1.54, 1.807) is 6.08 Å². The van der Waals surface area contributed by atoms with Crippen molar-refractivity contribution in [1.82, 2.24) is 15.1 Å². The zero-order valence-electron chi connectivity index (χ0n) is 16.0. The number of hydrogen-bond donors (Lipinski definition) is 1. The van der Waals surface area contributed by atoms with Crippen molar-refractivity contribution in [2.45, 2.75) is 25.8 Å². The molecule has 0 aliphatic carbocycles. The van der Waals surface area contributed by atoms with E-state index in [-0.39, 0.29) is 0 Å². The minimum absolute atomic E-state index is 0.524. The van der Waals surface area contributed by atoms with Crippen molar-refractivity contribution < 1.29 is 4.74 Å². The van der Waals surface area contributed by atoms with Gasteiger partial charge >= 0.3 is 0 Å². The maximum Gasteiger partial charge on any atom is 0.193 e. The average Bonchev–Trinajstić information content (AvgIpc) is 3.34. The summed E-state index contributed by atoms with van der Waals surface area (Å²) in [6.45, 7) is 11.0. The van der Waals surface area contributed by atoms with Crippen molar-refractivity contribution in [3.8, 4) is 5.75 Å². The Morgan fingerprint density at radius 3 is 2.88 bits per heavy atom. The molecule has 142 valence electrons. The number of guanidine groups is 1. The molecule has 1 unspecified atom stereocenters. The van der Waals surface area contributed by atoms with E-state index in [1.807, 2.05) is 25.2 Å². The molecular formula is C21H32N4O. The SMILES string of the molecule is C=CCOc1ccccc1CNC(=NC)N1CCC(CN2CCCC2)C1. The molecule has 2 aliphatic heterocycles. The smallest absolute Gasteiger partial charge is 0.193 e. The van der Waals surface area contributed by atoms with Crippen LogP contribution >= 0.6 is 0 Å². The number of rotatable bonds is 7. The summed E-state index contributed by atoms with van der Waals surface area (Å²) < 4.78 is 5.75. The van der Waals surface area contributed by atoms with Crippen LogP contribution < -0.4 is 10.1 Å². The molecule has 5 nitrogen and oxygen atoms in total. The van der Waals surface area contributed by atoms with Gasteiger partial charge in [0.2, 0.25) is 0 Å². The van der Waals surface area contributed by atoms with E-state index in [0.29, 0.717) is 13.2 Å². The van der Waals surface area contributed by atoms with Crippen molar-refractivity contribution in [3.05, 3.63) is 42.5 Å². The minimum atomic E-state index is 0.524. The lowest BCUT2D eigenvalue weighted by molar-refractivity contribution is 0.281. The number of ether oxygens (including phenoxy) is 1. The molecule has 0 amide bonds. The number of aliphatic imine (C=N–C) groups is 1. The number of benzene rings is 1. The molecule has 1 N–H and O–H groups in total. The fourth-order valence-electron chi connectivity index (χ4n) is 3.95. The zero-order chi connectivity index (χ0) is 18.2. The van der Waals surface area contributed by atoms with Gasteiger partial charge in [0, 0.05) is 38.8 Å². The molecule has 2 fully saturated rings. The second kappa shape index (κ2) is 9.62. The molecule has 0 saturated carbocycles. The maximum atomic E-state index is 5.75. The summed E-state index contributed by atoms with van der Waals surface area (Å²) in [7, 11) is 1.87. The lowest BCUT2D eigenvalue weighted by Crippen LogP contribution is -2.40. The quantitative estimate of drug-likeness (QED) is 0.463. The van der Waals surface area contributed by atoms with Crippen LogP contribution in [-0.4, -0.2) is 62.1 Å². The summed E-state index contributed by atoms with van der Waals surface area (Å²) in [4.78, 5) is 9.52. The summed E-state index contributed by atoms with van der Waals surface area (Å²) in [6.07, 6.45) is 5.77. The summed E-state index contributed by atoms with van der Waals surface area (Å²) in [5, 5.41) is 3.52. The highest BCUT2D eigenvalue weighted by molar-refractivity contribution is 5.80. The van der Waals surface area contributed by atoms with Gasteiger partial charge in [0.15, 0.2) is 5.96 Å². The van der Waals surface area contributed by atoms with Gasteiger partial charge in [-0.3, -0.25) is 4.99 Å². The molecule has 0 bridgehead atoms. The number of para-hydroxylation sites is 1. The molecule has 2 saturated heterocycles. The number of nitrogens with zero attached hydrogens (tertiary/aromatic N) is 3. The Labute approximate surface area is 157 Å². The van der Waals surface area contributed by atoms with Gasteiger partial charge in [-0.1, -0.05) is 30.9 Å². The Morgan fingerprint density at radius 2 is 2.12 bits per heavy atom. The lowest BCUT2D eigenvalue weighted by Gasteiger charge is -2.23. The van der Waals surface area contributed by atoms with Crippen LogP contribution in [0.1, 0.15) is 24.8 Å². The summed E-state index contributed by atoms with van der Waals surface area (Å²) in [5.74, 6) is 2.66. The van der Waals surface area contributed by atoms with E-state index >= 15 is 0 Å². The van der Waals surface area contributed by atoms with Crippen LogP contribution in [0.3, 0.4) is 0 Å². The maximum absolute atomic E-state index is 5.75. The molecule has 1 aromatic carbocycles. The first-order valence-electron chi connectivity index (χ1n) is 9.79. The molecule has 0 spiro atoms.